The summed E-state index contributed by atoms with van der Waals surface area (Å²) in [6.07, 6.45) is 1.34. The van der Waals surface area contributed by atoms with Gasteiger partial charge in [-0.1, -0.05) is 11.6 Å². The number of allylic oxidation sites excluding steroid dienone is 1. The second kappa shape index (κ2) is 2.77. The van der Waals surface area contributed by atoms with E-state index in [0.29, 0.717) is 0 Å². The molecule has 0 aliphatic rings. The van der Waals surface area contributed by atoms with Crippen LogP contribution >= 0.6 is 0 Å². The minimum Gasteiger partial charge on any atom is -0.313 e. The SMILES string of the molecule is [CH2]C(C)=CC(N)N. The summed E-state index contributed by atoms with van der Waals surface area (Å²) >= 11 is 0. The van der Waals surface area contributed by atoms with Gasteiger partial charge < -0.3 is 11.5 Å². The Balaban J connectivity index is 3.45. The van der Waals surface area contributed by atoms with Crippen LogP contribution in [0.1, 0.15) is 6.92 Å². The molecule has 0 unspecified atom stereocenters. The van der Waals surface area contributed by atoms with Gasteiger partial charge >= 0.3 is 0 Å². The molecule has 1 radical (unpaired) electrons. The van der Waals surface area contributed by atoms with Gasteiger partial charge in [-0.3, -0.25) is 0 Å². The van der Waals surface area contributed by atoms with Gasteiger partial charge in [-0.2, -0.15) is 0 Å². The normalized spacial score (nSPS) is 13.0. The van der Waals surface area contributed by atoms with Crippen molar-refractivity contribution in [2.24, 2.45) is 11.5 Å². The first kappa shape index (κ1) is 6.66. The molecule has 0 saturated heterocycles. The van der Waals surface area contributed by atoms with Crippen molar-refractivity contribution >= 4 is 0 Å². The van der Waals surface area contributed by atoms with Gasteiger partial charge in [-0.05, 0) is 13.8 Å². The van der Waals surface area contributed by atoms with E-state index in [2.05, 4.69) is 6.92 Å². The van der Waals surface area contributed by atoms with Gasteiger partial charge in [-0.25, -0.2) is 0 Å². The first-order valence-electron chi connectivity index (χ1n) is 2.14. The fraction of sp³-hybridized carbons (Fsp3) is 0.400. The van der Waals surface area contributed by atoms with Gasteiger partial charge in [-0.15, -0.1) is 0 Å². The Morgan fingerprint density at radius 2 is 2.14 bits per heavy atom. The first-order valence-corrected chi connectivity index (χ1v) is 2.14. The minimum absolute atomic E-state index is 0.350. The summed E-state index contributed by atoms with van der Waals surface area (Å²) in [5, 5.41) is 0. The predicted molar refractivity (Wildman–Crippen MR) is 31.3 cm³/mol. The third-order valence-corrected chi connectivity index (χ3v) is 0.477. The van der Waals surface area contributed by atoms with E-state index >= 15 is 0 Å². The van der Waals surface area contributed by atoms with Crippen LogP contribution in [0.25, 0.3) is 0 Å². The zero-order valence-electron chi connectivity index (χ0n) is 4.52. The van der Waals surface area contributed by atoms with Crippen LogP contribution in [-0.4, -0.2) is 6.17 Å². The number of hydrogen-bond acceptors (Lipinski definition) is 2. The largest absolute Gasteiger partial charge is 0.313 e. The highest BCUT2D eigenvalue weighted by atomic mass is 14.8. The second-order valence-corrected chi connectivity index (χ2v) is 1.59. The molecule has 4 N–H and O–H groups in total. The maximum absolute atomic E-state index is 5.15. The van der Waals surface area contributed by atoms with Crippen molar-refractivity contribution < 1.29 is 0 Å². The van der Waals surface area contributed by atoms with Crippen LogP contribution in [0.15, 0.2) is 11.6 Å². The molecule has 2 heteroatoms. The lowest BCUT2D eigenvalue weighted by atomic mass is 10.3. The third-order valence-electron chi connectivity index (χ3n) is 0.477. The first-order chi connectivity index (χ1) is 3.13. The average molecular weight is 99.2 g/mol. The van der Waals surface area contributed by atoms with Crippen molar-refractivity contribution in [1.29, 1.82) is 0 Å². The Kier molecular flexibility index (Phi) is 2.64. The summed E-state index contributed by atoms with van der Waals surface area (Å²) in [6, 6.07) is 0. The van der Waals surface area contributed by atoms with Crippen LogP contribution in [0.3, 0.4) is 0 Å². The summed E-state index contributed by atoms with van der Waals surface area (Å²) in [4.78, 5) is 0. The molecule has 0 aromatic rings. The summed E-state index contributed by atoms with van der Waals surface area (Å²) in [5.74, 6) is 0. The van der Waals surface area contributed by atoms with Crippen molar-refractivity contribution in [2.45, 2.75) is 13.1 Å². The fourth-order valence-corrected chi connectivity index (χ4v) is 0.329. The van der Waals surface area contributed by atoms with Gasteiger partial charge in [0.25, 0.3) is 0 Å². The van der Waals surface area contributed by atoms with Gasteiger partial charge in [0.15, 0.2) is 0 Å². The van der Waals surface area contributed by atoms with Crippen molar-refractivity contribution in [2.75, 3.05) is 0 Å². The number of rotatable bonds is 1. The highest BCUT2D eigenvalue weighted by Crippen LogP contribution is 1.84. The van der Waals surface area contributed by atoms with E-state index in [0.717, 1.165) is 5.57 Å². The molecule has 0 aromatic carbocycles. The van der Waals surface area contributed by atoms with Gasteiger partial charge in [0.05, 0.1) is 6.17 Å². The van der Waals surface area contributed by atoms with E-state index < -0.39 is 0 Å². The molecule has 0 aliphatic carbocycles. The number of nitrogens with two attached hydrogens (primary N) is 2. The monoisotopic (exact) mass is 99.1 g/mol. The summed E-state index contributed by atoms with van der Waals surface area (Å²) in [6.45, 7) is 5.43. The van der Waals surface area contributed by atoms with Crippen molar-refractivity contribution in [1.82, 2.24) is 0 Å². The number of hydrogen-bond donors (Lipinski definition) is 2. The van der Waals surface area contributed by atoms with Gasteiger partial charge in [0, 0.05) is 0 Å². The lowest BCUT2D eigenvalue weighted by Crippen LogP contribution is -2.27. The molecule has 0 heterocycles. The molecule has 2 nitrogen and oxygen atoms in total. The molecule has 0 aromatic heterocycles. The third kappa shape index (κ3) is 5.66. The Hall–Kier alpha value is -0.340. The average Bonchev–Trinajstić information content (AvgIpc) is 1.27. The molecular weight excluding hydrogens is 88.1 g/mol. The Morgan fingerprint density at radius 1 is 1.71 bits per heavy atom. The molecule has 7 heavy (non-hydrogen) atoms. The molecule has 41 valence electrons. The van der Waals surface area contributed by atoms with E-state index in [1.807, 2.05) is 6.92 Å². The Bertz CT molecular complexity index is 70.1. The molecule has 0 spiro atoms. The topological polar surface area (TPSA) is 52.0 Å². The molecule has 0 aliphatic heterocycles. The van der Waals surface area contributed by atoms with Gasteiger partial charge in [0.2, 0.25) is 0 Å². The summed E-state index contributed by atoms with van der Waals surface area (Å²) < 4.78 is 0. The fourth-order valence-electron chi connectivity index (χ4n) is 0.329. The van der Waals surface area contributed by atoms with Crippen molar-refractivity contribution in [3.63, 3.8) is 0 Å². The lowest BCUT2D eigenvalue weighted by Gasteiger charge is -1.94. The summed E-state index contributed by atoms with van der Waals surface area (Å²) in [5.41, 5.74) is 11.2. The zero-order chi connectivity index (χ0) is 5.86. The van der Waals surface area contributed by atoms with E-state index in [1.165, 1.54) is 0 Å². The van der Waals surface area contributed by atoms with E-state index in [1.54, 1.807) is 6.08 Å². The molecule has 0 fully saturated rings. The zero-order valence-corrected chi connectivity index (χ0v) is 4.52. The van der Waals surface area contributed by atoms with Crippen LogP contribution in [0, 0.1) is 6.92 Å². The molecular formula is C5H11N2. The maximum Gasteiger partial charge on any atom is 0.0715 e. The Morgan fingerprint density at radius 3 is 2.14 bits per heavy atom. The van der Waals surface area contributed by atoms with E-state index in [-0.39, 0.29) is 6.17 Å². The minimum atomic E-state index is -0.350. The molecule has 0 rings (SSSR count). The van der Waals surface area contributed by atoms with Crippen LogP contribution in [0.2, 0.25) is 0 Å². The molecule has 0 bridgehead atoms. The maximum atomic E-state index is 5.15. The smallest absolute Gasteiger partial charge is 0.0715 e. The lowest BCUT2D eigenvalue weighted by molar-refractivity contribution is 0.869. The van der Waals surface area contributed by atoms with Crippen LogP contribution in [-0.2, 0) is 0 Å². The standard InChI is InChI=1S/C5H11N2/c1-4(2)3-5(6)7/h3,5H,1,6-7H2,2H3. The van der Waals surface area contributed by atoms with Crippen molar-refractivity contribution in [3.8, 4) is 0 Å². The van der Waals surface area contributed by atoms with E-state index in [4.69, 9.17) is 11.5 Å². The van der Waals surface area contributed by atoms with Gasteiger partial charge in [0.1, 0.15) is 0 Å². The highest BCUT2D eigenvalue weighted by Gasteiger charge is 1.82. The van der Waals surface area contributed by atoms with Crippen LogP contribution in [0.4, 0.5) is 0 Å². The van der Waals surface area contributed by atoms with Crippen molar-refractivity contribution in [3.05, 3.63) is 18.6 Å². The Labute approximate surface area is 44.2 Å². The highest BCUT2D eigenvalue weighted by molar-refractivity contribution is 5.03. The molecule has 0 saturated carbocycles. The quantitative estimate of drug-likeness (QED) is 0.455. The predicted octanol–water partition coefficient (Wildman–Crippen LogP) is 0.0103. The second-order valence-electron chi connectivity index (χ2n) is 1.59. The summed E-state index contributed by atoms with van der Waals surface area (Å²) in [7, 11) is 0. The molecule has 0 atom stereocenters. The molecule has 0 amide bonds. The van der Waals surface area contributed by atoms with Crippen LogP contribution in [0.5, 0.6) is 0 Å². The van der Waals surface area contributed by atoms with E-state index in [9.17, 15) is 0 Å². The van der Waals surface area contributed by atoms with Crippen LogP contribution < -0.4 is 11.5 Å².